The Labute approximate surface area is 110 Å². The Bertz CT molecular complexity index is 400. The van der Waals surface area contributed by atoms with Crippen molar-refractivity contribution in [3.8, 4) is 0 Å². The van der Waals surface area contributed by atoms with Gasteiger partial charge in [-0.05, 0) is 43.7 Å². The molecule has 18 heavy (non-hydrogen) atoms. The van der Waals surface area contributed by atoms with Gasteiger partial charge in [-0.1, -0.05) is 32.8 Å². The average molecular weight is 249 g/mol. The maximum Gasteiger partial charge on any atom is 0.128 e. The van der Waals surface area contributed by atoms with Crippen LogP contribution in [0.2, 0.25) is 0 Å². The van der Waals surface area contributed by atoms with Gasteiger partial charge in [0.05, 0.1) is 0 Å². The van der Waals surface area contributed by atoms with Crippen LogP contribution in [0.5, 0.6) is 0 Å². The summed E-state index contributed by atoms with van der Waals surface area (Å²) >= 11 is 0. The first-order valence-corrected chi connectivity index (χ1v) is 7.11. The molecule has 1 saturated carbocycles. The van der Waals surface area contributed by atoms with Crippen LogP contribution in [0.4, 0.5) is 10.1 Å². The Balaban J connectivity index is 2.13. The van der Waals surface area contributed by atoms with Crippen LogP contribution < -0.4 is 5.32 Å². The van der Waals surface area contributed by atoms with Crippen molar-refractivity contribution in [2.75, 3.05) is 5.32 Å². The summed E-state index contributed by atoms with van der Waals surface area (Å²) in [7, 11) is 0. The smallest absolute Gasteiger partial charge is 0.128 e. The second-order valence-electron chi connectivity index (χ2n) is 5.86. The molecule has 0 heterocycles. The van der Waals surface area contributed by atoms with Crippen LogP contribution in [0.15, 0.2) is 18.2 Å². The topological polar surface area (TPSA) is 12.0 Å². The summed E-state index contributed by atoms with van der Waals surface area (Å²) < 4.78 is 13.5. The monoisotopic (exact) mass is 249 g/mol. The van der Waals surface area contributed by atoms with Crippen LogP contribution in [0.3, 0.4) is 0 Å². The van der Waals surface area contributed by atoms with E-state index >= 15 is 0 Å². The molecule has 0 bridgehead atoms. The fraction of sp³-hybridized carbons (Fsp3) is 0.625. The molecule has 1 aromatic rings. The Kier molecular flexibility index (Phi) is 4.26. The Morgan fingerprint density at radius 2 is 1.94 bits per heavy atom. The molecule has 1 nitrogen and oxygen atoms in total. The van der Waals surface area contributed by atoms with Gasteiger partial charge in [0.2, 0.25) is 0 Å². The van der Waals surface area contributed by atoms with Crippen LogP contribution in [0, 0.1) is 24.6 Å². The van der Waals surface area contributed by atoms with Crippen molar-refractivity contribution in [2.45, 2.75) is 52.5 Å². The Hall–Kier alpha value is -1.05. The van der Waals surface area contributed by atoms with Crippen molar-refractivity contribution in [2.24, 2.45) is 11.8 Å². The van der Waals surface area contributed by atoms with Gasteiger partial charge in [-0.25, -0.2) is 4.39 Å². The van der Waals surface area contributed by atoms with E-state index in [2.05, 4.69) is 19.2 Å². The molecular formula is C16H24FN. The minimum atomic E-state index is -0.114. The number of benzene rings is 1. The number of rotatable bonds is 3. The fourth-order valence-corrected chi connectivity index (χ4v) is 3.10. The van der Waals surface area contributed by atoms with E-state index < -0.39 is 0 Å². The molecule has 1 fully saturated rings. The molecule has 1 aromatic carbocycles. The quantitative estimate of drug-likeness (QED) is 0.814. The van der Waals surface area contributed by atoms with E-state index in [9.17, 15) is 4.39 Å². The van der Waals surface area contributed by atoms with E-state index in [4.69, 9.17) is 0 Å². The normalized spacial score (nSPS) is 24.3. The summed E-state index contributed by atoms with van der Waals surface area (Å²) in [5, 5.41) is 3.58. The van der Waals surface area contributed by atoms with Gasteiger partial charge in [-0.3, -0.25) is 0 Å². The minimum Gasteiger partial charge on any atom is -0.382 e. The van der Waals surface area contributed by atoms with E-state index in [0.717, 1.165) is 11.3 Å². The van der Waals surface area contributed by atoms with E-state index in [-0.39, 0.29) is 5.82 Å². The number of nitrogens with one attached hydrogen (secondary N) is 1. The lowest BCUT2D eigenvalue weighted by atomic mass is 9.77. The first-order valence-electron chi connectivity index (χ1n) is 7.11. The average Bonchev–Trinajstić information content (AvgIpc) is 2.35. The zero-order valence-corrected chi connectivity index (χ0v) is 11.7. The molecule has 100 valence electrons. The van der Waals surface area contributed by atoms with E-state index in [0.29, 0.717) is 17.9 Å². The van der Waals surface area contributed by atoms with Gasteiger partial charge in [0, 0.05) is 17.3 Å². The van der Waals surface area contributed by atoms with Gasteiger partial charge in [-0.2, -0.15) is 0 Å². The van der Waals surface area contributed by atoms with Crippen molar-refractivity contribution in [3.63, 3.8) is 0 Å². The third-order valence-corrected chi connectivity index (χ3v) is 4.28. The molecule has 0 radical (unpaired) electrons. The van der Waals surface area contributed by atoms with Crippen LogP contribution in [0.25, 0.3) is 0 Å². The maximum absolute atomic E-state index is 13.5. The van der Waals surface area contributed by atoms with E-state index in [1.54, 1.807) is 6.07 Å². The van der Waals surface area contributed by atoms with Crippen LogP contribution in [-0.2, 0) is 0 Å². The molecule has 1 N–H and O–H groups in total. The minimum absolute atomic E-state index is 0.114. The standard InChI is InChI=1S/C16H24FN/c1-11(2)13-7-4-5-9-16(13)18-15-10-6-8-14(17)12(15)3/h6,8,10-11,13,16,18H,4-5,7,9H2,1-3H3. The lowest BCUT2D eigenvalue weighted by Crippen LogP contribution is -2.35. The highest BCUT2D eigenvalue weighted by Gasteiger charge is 2.27. The molecular weight excluding hydrogens is 225 g/mol. The molecule has 0 spiro atoms. The van der Waals surface area contributed by atoms with Crippen LogP contribution >= 0.6 is 0 Å². The fourth-order valence-electron chi connectivity index (χ4n) is 3.10. The second-order valence-corrected chi connectivity index (χ2v) is 5.86. The summed E-state index contributed by atoms with van der Waals surface area (Å²) in [6.07, 6.45) is 5.13. The molecule has 0 amide bonds. The van der Waals surface area contributed by atoms with Gasteiger partial charge in [0.1, 0.15) is 5.82 Å². The van der Waals surface area contributed by atoms with Gasteiger partial charge >= 0.3 is 0 Å². The first kappa shape index (κ1) is 13.4. The van der Waals surface area contributed by atoms with Crippen molar-refractivity contribution in [3.05, 3.63) is 29.6 Å². The van der Waals surface area contributed by atoms with Crippen molar-refractivity contribution in [1.29, 1.82) is 0 Å². The van der Waals surface area contributed by atoms with Gasteiger partial charge < -0.3 is 5.32 Å². The molecule has 2 heteroatoms. The number of halogens is 1. The molecule has 1 aliphatic rings. The van der Waals surface area contributed by atoms with Gasteiger partial charge in [-0.15, -0.1) is 0 Å². The summed E-state index contributed by atoms with van der Waals surface area (Å²) in [6, 6.07) is 5.81. The van der Waals surface area contributed by atoms with E-state index in [1.165, 1.54) is 31.7 Å². The van der Waals surface area contributed by atoms with Crippen LogP contribution in [-0.4, -0.2) is 6.04 Å². The summed E-state index contributed by atoms with van der Waals surface area (Å²) in [5.41, 5.74) is 1.71. The molecule has 0 saturated heterocycles. The van der Waals surface area contributed by atoms with Crippen molar-refractivity contribution in [1.82, 2.24) is 0 Å². The third-order valence-electron chi connectivity index (χ3n) is 4.28. The highest BCUT2D eigenvalue weighted by Crippen LogP contribution is 2.33. The molecule has 1 aliphatic carbocycles. The highest BCUT2D eigenvalue weighted by molar-refractivity contribution is 5.51. The number of hydrogen-bond donors (Lipinski definition) is 1. The van der Waals surface area contributed by atoms with Crippen molar-refractivity contribution >= 4 is 5.69 Å². The van der Waals surface area contributed by atoms with E-state index in [1.807, 2.05) is 13.0 Å². The largest absolute Gasteiger partial charge is 0.382 e. The van der Waals surface area contributed by atoms with Crippen LogP contribution in [0.1, 0.15) is 45.1 Å². The SMILES string of the molecule is Cc1c(F)cccc1NC1CCCCC1C(C)C. The molecule has 2 rings (SSSR count). The van der Waals surface area contributed by atoms with Gasteiger partial charge in [0.15, 0.2) is 0 Å². The zero-order valence-electron chi connectivity index (χ0n) is 11.7. The lowest BCUT2D eigenvalue weighted by molar-refractivity contribution is 0.253. The summed E-state index contributed by atoms with van der Waals surface area (Å²) in [6.45, 7) is 6.44. The van der Waals surface area contributed by atoms with Gasteiger partial charge in [0.25, 0.3) is 0 Å². The molecule has 0 aromatic heterocycles. The predicted octanol–water partition coefficient (Wildman–Crippen LogP) is 4.76. The zero-order chi connectivity index (χ0) is 13.1. The summed E-state index contributed by atoms with van der Waals surface area (Å²) in [5.74, 6) is 1.29. The Morgan fingerprint density at radius 1 is 1.22 bits per heavy atom. The third kappa shape index (κ3) is 2.85. The highest BCUT2D eigenvalue weighted by atomic mass is 19.1. The molecule has 0 aliphatic heterocycles. The second kappa shape index (κ2) is 5.73. The maximum atomic E-state index is 13.5. The molecule has 2 atom stereocenters. The predicted molar refractivity (Wildman–Crippen MR) is 75.3 cm³/mol. The number of anilines is 1. The Morgan fingerprint density at radius 3 is 2.67 bits per heavy atom. The first-order chi connectivity index (χ1) is 8.59. The summed E-state index contributed by atoms with van der Waals surface area (Å²) in [4.78, 5) is 0. The number of hydrogen-bond acceptors (Lipinski definition) is 1. The lowest BCUT2D eigenvalue weighted by Gasteiger charge is -2.36. The van der Waals surface area contributed by atoms with Crippen molar-refractivity contribution < 1.29 is 4.39 Å². The molecule has 2 unspecified atom stereocenters.